The Morgan fingerprint density at radius 2 is 1.42 bits per heavy atom. The molecule has 1 heterocycles. The molecule has 24 heavy (non-hydrogen) atoms. The normalized spacial score (nSPS) is 12.2. The Labute approximate surface area is 152 Å². The molecule has 0 spiro atoms. The Morgan fingerprint density at radius 3 is 1.92 bits per heavy atom. The Hall–Kier alpha value is -0.590. The number of aromatic nitrogens is 2. The fourth-order valence-corrected chi connectivity index (χ4v) is 3.65. The van der Waals surface area contributed by atoms with Gasteiger partial charge < -0.3 is 0 Å². The average Bonchev–Trinajstić information content (AvgIpc) is 3.02. The van der Waals surface area contributed by atoms with E-state index < -0.39 is 10.2 Å². The van der Waals surface area contributed by atoms with Crippen LogP contribution in [0.25, 0.3) is 0 Å². The molecule has 5 nitrogen and oxygen atoms in total. The number of rotatable bonds is 14. The van der Waals surface area contributed by atoms with Crippen LogP contribution < -0.4 is 4.57 Å². The Bertz CT molecular complexity index is 544. The van der Waals surface area contributed by atoms with E-state index in [1.165, 1.54) is 73.7 Å². The minimum Gasteiger partial charge on any atom is -0.236 e. The van der Waals surface area contributed by atoms with E-state index in [9.17, 15) is 8.42 Å². The van der Waals surface area contributed by atoms with E-state index in [2.05, 4.69) is 0 Å². The molecule has 0 bridgehead atoms. The lowest BCUT2D eigenvalue weighted by atomic mass is 10.1. The summed E-state index contributed by atoms with van der Waals surface area (Å²) in [5.41, 5.74) is 0. The maximum atomic E-state index is 12.0. The van der Waals surface area contributed by atoms with E-state index in [-0.39, 0.29) is 0 Å². The molecule has 0 saturated carbocycles. The second kappa shape index (κ2) is 11.9. The van der Waals surface area contributed by atoms with Gasteiger partial charge in [-0.3, -0.25) is 0 Å². The number of halogens is 1. The van der Waals surface area contributed by atoms with Gasteiger partial charge in [0.1, 0.15) is 12.4 Å². The topological polar surface area (TPSA) is 46.2 Å². The summed E-state index contributed by atoms with van der Waals surface area (Å²) in [6, 6.07) is 0. The number of hydrogen-bond donors (Lipinski definition) is 0. The molecule has 0 N–H and O–H groups in total. The summed E-state index contributed by atoms with van der Waals surface area (Å²) in [4.78, 5) is 0. The molecule has 0 amide bonds. The van der Waals surface area contributed by atoms with Crippen LogP contribution in [0.5, 0.6) is 0 Å². The monoisotopic (exact) mass is 378 g/mol. The van der Waals surface area contributed by atoms with Crippen molar-refractivity contribution in [2.45, 2.75) is 70.8 Å². The van der Waals surface area contributed by atoms with Crippen LogP contribution in [0.15, 0.2) is 18.7 Å². The van der Waals surface area contributed by atoms with Crippen LogP contribution in [0.1, 0.15) is 64.2 Å². The van der Waals surface area contributed by atoms with Crippen molar-refractivity contribution in [3.63, 3.8) is 0 Å². The summed E-state index contributed by atoms with van der Waals surface area (Å²) in [6.07, 6.45) is 17.6. The zero-order chi connectivity index (χ0) is 17.8. The predicted octanol–water partition coefficient (Wildman–Crippen LogP) is 3.57. The molecule has 0 fully saturated rings. The number of unbranched alkanes of at least 4 members (excludes halogenated alkanes) is 9. The summed E-state index contributed by atoms with van der Waals surface area (Å²) >= 11 is 5.66. The molecular weight excluding hydrogens is 346 g/mol. The van der Waals surface area contributed by atoms with E-state index in [1.54, 1.807) is 12.5 Å². The molecule has 7 heteroatoms. The first-order valence-corrected chi connectivity index (χ1v) is 11.0. The lowest BCUT2D eigenvalue weighted by Crippen LogP contribution is -2.33. The van der Waals surface area contributed by atoms with Crippen molar-refractivity contribution >= 4 is 21.8 Å². The number of hydrogen-bond acceptors (Lipinski definition) is 2. The highest BCUT2D eigenvalue weighted by molar-refractivity contribution is 7.87. The Kier molecular flexibility index (Phi) is 10.6. The van der Waals surface area contributed by atoms with Crippen LogP contribution in [0.2, 0.25) is 0 Å². The summed E-state index contributed by atoms with van der Waals surface area (Å²) in [5.74, 6) is 0.794. The van der Waals surface area contributed by atoms with E-state index in [1.807, 2.05) is 10.8 Å². The summed E-state index contributed by atoms with van der Waals surface area (Å²) < 4.78 is 28.4. The SMILES string of the molecule is CN(C)S(=O)(=O)n1cc[n+](CCCCCCCCCCCCCl)c1. The maximum Gasteiger partial charge on any atom is 0.379 e. The molecule has 0 aliphatic carbocycles. The van der Waals surface area contributed by atoms with Gasteiger partial charge >= 0.3 is 10.2 Å². The van der Waals surface area contributed by atoms with Gasteiger partial charge in [0.15, 0.2) is 0 Å². The first-order valence-electron chi connectivity index (χ1n) is 9.04. The minimum absolute atomic E-state index is 0.794. The van der Waals surface area contributed by atoms with Gasteiger partial charge in [0.2, 0.25) is 0 Å². The smallest absolute Gasteiger partial charge is 0.236 e. The first kappa shape index (κ1) is 21.5. The van der Waals surface area contributed by atoms with Crippen LogP contribution in [-0.2, 0) is 16.8 Å². The highest BCUT2D eigenvalue weighted by atomic mass is 35.5. The molecule has 0 aliphatic rings. The van der Waals surface area contributed by atoms with Gasteiger partial charge in [-0.05, 0) is 19.3 Å². The standard InChI is InChI=1S/C17H33ClN3O2S/c1-19(2)24(22,23)21-16-15-20(17-21)14-12-10-8-6-4-3-5-7-9-11-13-18/h15-17H,3-14H2,1-2H3/q+1. The molecule has 140 valence electrons. The second-order valence-corrected chi connectivity index (χ2v) is 8.92. The van der Waals surface area contributed by atoms with Gasteiger partial charge in [0.25, 0.3) is 6.33 Å². The number of nitrogens with zero attached hydrogens (tertiary/aromatic N) is 3. The molecule has 0 aliphatic heterocycles. The van der Waals surface area contributed by atoms with Crippen LogP contribution >= 0.6 is 11.6 Å². The largest absolute Gasteiger partial charge is 0.379 e. The van der Waals surface area contributed by atoms with E-state index in [4.69, 9.17) is 11.6 Å². The minimum atomic E-state index is -3.39. The molecule has 1 aromatic heterocycles. The van der Waals surface area contributed by atoms with Crippen LogP contribution in [0.4, 0.5) is 0 Å². The van der Waals surface area contributed by atoms with E-state index in [0.717, 1.165) is 25.3 Å². The lowest BCUT2D eigenvalue weighted by molar-refractivity contribution is -0.696. The van der Waals surface area contributed by atoms with Crippen molar-refractivity contribution < 1.29 is 13.0 Å². The van der Waals surface area contributed by atoms with Crippen LogP contribution in [-0.4, -0.2) is 36.7 Å². The third kappa shape index (κ3) is 7.99. The zero-order valence-electron chi connectivity index (χ0n) is 15.2. The highest BCUT2D eigenvalue weighted by Crippen LogP contribution is 2.11. The highest BCUT2D eigenvalue weighted by Gasteiger charge is 2.22. The third-order valence-corrected chi connectivity index (χ3v) is 6.13. The zero-order valence-corrected chi connectivity index (χ0v) is 16.7. The average molecular weight is 379 g/mol. The molecule has 1 aromatic rings. The van der Waals surface area contributed by atoms with Gasteiger partial charge in [-0.2, -0.15) is 12.7 Å². The Morgan fingerprint density at radius 1 is 0.917 bits per heavy atom. The molecule has 0 radical (unpaired) electrons. The molecule has 0 unspecified atom stereocenters. The summed E-state index contributed by atoms with van der Waals surface area (Å²) in [7, 11) is -0.310. The van der Waals surface area contributed by atoms with Gasteiger partial charge in [0, 0.05) is 20.0 Å². The summed E-state index contributed by atoms with van der Waals surface area (Å²) in [6.45, 7) is 0.869. The fourth-order valence-electron chi connectivity index (χ4n) is 2.63. The molecule has 0 aromatic carbocycles. The predicted molar refractivity (Wildman–Crippen MR) is 99.5 cm³/mol. The third-order valence-electron chi connectivity index (χ3n) is 4.19. The summed E-state index contributed by atoms with van der Waals surface area (Å²) in [5, 5.41) is 0. The second-order valence-electron chi connectivity index (χ2n) is 6.50. The fraction of sp³-hybridized carbons (Fsp3) is 0.824. The van der Waals surface area contributed by atoms with Gasteiger partial charge in [0.05, 0.1) is 6.54 Å². The van der Waals surface area contributed by atoms with Gasteiger partial charge in [-0.25, -0.2) is 4.57 Å². The van der Waals surface area contributed by atoms with Gasteiger partial charge in [-0.15, -0.1) is 15.6 Å². The van der Waals surface area contributed by atoms with Gasteiger partial charge in [-0.1, -0.05) is 44.9 Å². The Balaban J connectivity index is 2.07. The quantitative estimate of drug-likeness (QED) is 0.282. The molecular formula is C17H33ClN3O2S+. The number of aryl methyl sites for hydroxylation is 1. The maximum absolute atomic E-state index is 12.0. The lowest BCUT2D eigenvalue weighted by Gasteiger charge is -2.05. The van der Waals surface area contributed by atoms with Crippen LogP contribution in [0, 0.1) is 0 Å². The number of alkyl halides is 1. The van der Waals surface area contributed by atoms with E-state index in [0.29, 0.717) is 0 Å². The van der Waals surface area contributed by atoms with Crippen molar-refractivity contribution in [1.29, 1.82) is 0 Å². The van der Waals surface area contributed by atoms with Crippen molar-refractivity contribution in [3.05, 3.63) is 18.7 Å². The molecule has 0 atom stereocenters. The van der Waals surface area contributed by atoms with Crippen molar-refractivity contribution in [2.24, 2.45) is 0 Å². The van der Waals surface area contributed by atoms with Crippen molar-refractivity contribution in [1.82, 2.24) is 8.28 Å². The first-order chi connectivity index (χ1) is 11.5. The number of imidazole rings is 1. The van der Waals surface area contributed by atoms with Crippen LogP contribution in [0.3, 0.4) is 0 Å². The van der Waals surface area contributed by atoms with Crippen molar-refractivity contribution in [2.75, 3.05) is 20.0 Å². The van der Waals surface area contributed by atoms with Crippen molar-refractivity contribution in [3.8, 4) is 0 Å². The van der Waals surface area contributed by atoms with E-state index >= 15 is 0 Å². The molecule has 0 saturated heterocycles. The molecule has 1 rings (SSSR count).